The van der Waals surface area contributed by atoms with Gasteiger partial charge in [0.25, 0.3) is 0 Å². The lowest BCUT2D eigenvalue weighted by molar-refractivity contribution is -0.660. The molecule has 0 fully saturated rings. The van der Waals surface area contributed by atoms with E-state index in [0.29, 0.717) is 5.75 Å². The molecule has 0 bridgehead atoms. The van der Waals surface area contributed by atoms with E-state index in [1.54, 1.807) is 12.1 Å². The fourth-order valence-corrected chi connectivity index (χ4v) is 1.49. The minimum atomic E-state index is 0.298. The summed E-state index contributed by atoms with van der Waals surface area (Å²) in [6.45, 7) is 0. The molecule has 1 aromatic carbocycles. The molecule has 0 amide bonds. The van der Waals surface area contributed by atoms with Crippen LogP contribution < -0.4 is 4.57 Å². The van der Waals surface area contributed by atoms with Crippen molar-refractivity contribution in [3.8, 4) is 17.0 Å². The van der Waals surface area contributed by atoms with Gasteiger partial charge in [-0.3, -0.25) is 0 Å². The first-order valence-electron chi connectivity index (χ1n) is 4.51. The van der Waals surface area contributed by atoms with Gasteiger partial charge in [-0.05, 0) is 24.3 Å². The normalized spacial score (nSPS) is 10.1. The van der Waals surface area contributed by atoms with Crippen molar-refractivity contribution in [3.63, 3.8) is 0 Å². The number of aromatic hydroxyl groups is 1. The summed E-state index contributed by atoms with van der Waals surface area (Å²) < 4.78 is 2.02. The van der Waals surface area contributed by atoms with Crippen molar-refractivity contribution >= 4 is 0 Å². The Kier molecular flexibility index (Phi) is 2.19. The zero-order valence-electron chi connectivity index (χ0n) is 8.01. The van der Waals surface area contributed by atoms with Crippen molar-refractivity contribution in [2.45, 2.75) is 0 Å². The summed E-state index contributed by atoms with van der Waals surface area (Å²) in [5.41, 5.74) is 2.11. The second kappa shape index (κ2) is 3.50. The van der Waals surface area contributed by atoms with Crippen LogP contribution in [0, 0.1) is 0 Å². The third-order valence-corrected chi connectivity index (χ3v) is 2.20. The highest BCUT2D eigenvalue weighted by Crippen LogP contribution is 2.19. The van der Waals surface area contributed by atoms with Gasteiger partial charge in [0.15, 0.2) is 6.20 Å². The van der Waals surface area contributed by atoms with Gasteiger partial charge in [0.1, 0.15) is 12.8 Å². The summed E-state index contributed by atoms with van der Waals surface area (Å²) in [4.78, 5) is 0. The third kappa shape index (κ3) is 1.59. The Morgan fingerprint density at radius 3 is 2.64 bits per heavy atom. The molecule has 0 saturated heterocycles. The number of hydrogen-bond donors (Lipinski definition) is 1. The van der Waals surface area contributed by atoms with Crippen LogP contribution in [0.3, 0.4) is 0 Å². The Morgan fingerprint density at radius 1 is 1.07 bits per heavy atom. The number of aryl methyl sites for hydroxylation is 1. The maximum atomic E-state index is 9.36. The molecule has 2 aromatic rings. The number of pyridine rings is 1. The van der Waals surface area contributed by atoms with Crippen LogP contribution in [0.4, 0.5) is 0 Å². The standard InChI is InChI=1S/C12H11NO/c1-13-8-3-2-7-12(13)10-5-4-6-11(14)9-10/h2-9H,1H3/p+1. The molecule has 2 rings (SSSR count). The van der Waals surface area contributed by atoms with Crippen molar-refractivity contribution in [1.29, 1.82) is 0 Å². The Bertz CT molecular complexity index is 452. The predicted molar refractivity (Wildman–Crippen MR) is 54.7 cm³/mol. The molecule has 70 valence electrons. The Balaban J connectivity index is 2.55. The smallest absolute Gasteiger partial charge is 0.212 e. The van der Waals surface area contributed by atoms with Crippen LogP contribution in [0.5, 0.6) is 5.75 Å². The van der Waals surface area contributed by atoms with Gasteiger partial charge < -0.3 is 5.11 Å². The van der Waals surface area contributed by atoms with Crippen LogP contribution in [0.15, 0.2) is 48.7 Å². The van der Waals surface area contributed by atoms with E-state index < -0.39 is 0 Å². The van der Waals surface area contributed by atoms with E-state index in [-0.39, 0.29) is 0 Å². The molecule has 0 aliphatic rings. The molecule has 0 aliphatic heterocycles. The number of aromatic nitrogens is 1. The van der Waals surface area contributed by atoms with Gasteiger partial charge >= 0.3 is 0 Å². The maximum Gasteiger partial charge on any atom is 0.212 e. The van der Waals surface area contributed by atoms with Gasteiger partial charge in [-0.15, -0.1) is 0 Å². The highest BCUT2D eigenvalue weighted by atomic mass is 16.3. The van der Waals surface area contributed by atoms with E-state index in [0.717, 1.165) is 11.3 Å². The third-order valence-electron chi connectivity index (χ3n) is 2.20. The molecule has 0 saturated carbocycles. The predicted octanol–water partition coefficient (Wildman–Crippen LogP) is 1.88. The molecule has 2 heteroatoms. The molecule has 0 unspecified atom stereocenters. The van der Waals surface area contributed by atoms with Crippen LogP contribution in [-0.4, -0.2) is 5.11 Å². The first kappa shape index (κ1) is 8.75. The topological polar surface area (TPSA) is 24.1 Å². The lowest BCUT2D eigenvalue weighted by Gasteiger charge is -1.99. The number of nitrogens with zero attached hydrogens (tertiary/aromatic N) is 1. The van der Waals surface area contributed by atoms with Crippen LogP contribution in [0.1, 0.15) is 0 Å². The van der Waals surface area contributed by atoms with E-state index in [2.05, 4.69) is 0 Å². The number of rotatable bonds is 1. The number of phenols is 1. The first-order chi connectivity index (χ1) is 6.77. The quantitative estimate of drug-likeness (QED) is 0.675. The molecule has 14 heavy (non-hydrogen) atoms. The lowest BCUT2D eigenvalue weighted by atomic mass is 10.1. The van der Waals surface area contributed by atoms with Crippen molar-refractivity contribution in [2.24, 2.45) is 7.05 Å². The molecular formula is C12H12NO+. The summed E-state index contributed by atoms with van der Waals surface area (Å²) in [5, 5.41) is 9.36. The van der Waals surface area contributed by atoms with Gasteiger partial charge in [-0.25, -0.2) is 4.57 Å². The van der Waals surface area contributed by atoms with E-state index in [9.17, 15) is 5.11 Å². The van der Waals surface area contributed by atoms with Crippen LogP contribution >= 0.6 is 0 Å². The zero-order chi connectivity index (χ0) is 9.97. The van der Waals surface area contributed by atoms with Crippen molar-refractivity contribution in [1.82, 2.24) is 0 Å². The average molecular weight is 186 g/mol. The Hall–Kier alpha value is -1.83. The second-order valence-electron chi connectivity index (χ2n) is 3.25. The minimum absolute atomic E-state index is 0.298. The van der Waals surface area contributed by atoms with Gasteiger partial charge in [-0.2, -0.15) is 0 Å². The maximum absolute atomic E-state index is 9.36. The summed E-state index contributed by atoms with van der Waals surface area (Å²) in [6, 6.07) is 13.2. The van der Waals surface area contributed by atoms with Crippen molar-refractivity contribution < 1.29 is 9.67 Å². The SMILES string of the molecule is C[n+]1ccccc1-c1cccc(O)c1. The number of phenolic OH excluding ortho intramolecular Hbond substituents is 1. The minimum Gasteiger partial charge on any atom is -0.508 e. The largest absolute Gasteiger partial charge is 0.508 e. The summed E-state index contributed by atoms with van der Waals surface area (Å²) in [6.07, 6.45) is 1.99. The number of benzene rings is 1. The molecule has 0 aliphatic carbocycles. The molecule has 2 nitrogen and oxygen atoms in total. The fraction of sp³-hybridized carbons (Fsp3) is 0.0833. The Morgan fingerprint density at radius 2 is 1.93 bits per heavy atom. The lowest BCUT2D eigenvalue weighted by Crippen LogP contribution is -2.29. The average Bonchev–Trinajstić information content (AvgIpc) is 2.18. The zero-order valence-corrected chi connectivity index (χ0v) is 8.01. The molecule has 0 spiro atoms. The van der Waals surface area contributed by atoms with Gasteiger partial charge in [0, 0.05) is 17.7 Å². The van der Waals surface area contributed by atoms with Gasteiger partial charge in [0.05, 0.1) is 0 Å². The second-order valence-corrected chi connectivity index (χ2v) is 3.25. The summed E-state index contributed by atoms with van der Waals surface area (Å²) in [5.74, 6) is 0.298. The summed E-state index contributed by atoms with van der Waals surface area (Å²) in [7, 11) is 1.99. The van der Waals surface area contributed by atoms with Crippen molar-refractivity contribution in [3.05, 3.63) is 48.7 Å². The van der Waals surface area contributed by atoms with Crippen LogP contribution in [0.2, 0.25) is 0 Å². The fourth-order valence-electron chi connectivity index (χ4n) is 1.49. The molecule has 1 N–H and O–H groups in total. The van der Waals surface area contributed by atoms with Crippen molar-refractivity contribution in [2.75, 3.05) is 0 Å². The van der Waals surface area contributed by atoms with E-state index >= 15 is 0 Å². The van der Waals surface area contributed by atoms with E-state index in [1.807, 2.05) is 48.1 Å². The monoisotopic (exact) mass is 186 g/mol. The highest BCUT2D eigenvalue weighted by molar-refractivity contribution is 5.57. The van der Waals surface area contributed by atoms with Crippen LogP contribution in [-0.2, 0) is 7.05 Å². The Labute approximate surface area is 83.1 Å². The first-order valence-corrected chi connectivity index (χ1v) is 4.51. The molecule has 0 radical (unpaired) electrons. The van der Waals surface area contributed by atoms with E-state index in [4.69, 9.17) is 0 Å². The van der Waals surface area contributed by atoms with Gasteiger partial charge in [0.2, 0.25) is 5.69 Å². The van der Waals surface area contributed by atoms with Crippen LogP contribution in [0.25, 0.3) is 11.3 Å². The number of hydrogen-bond acceptors (Lipinski definition) is 1. The van der Waals surface area contributed by atoms with Gasteiger partial charge in [-0.1, -0.05) is 6.07 Å². The highest BCUT2D eigenvalue weighted by Gasteiger charge is 2.07. The molecular weight excluding hydrogens is 174 g/mol. The molecule has 1 aromatic heterocycles. The molecule has 0 atom stereocenters. The molecule has 1 heterocycles. The summed E-state index contributed by atoms with van der Waals surface area (Å²) >= 11 is 0. The van der Waals surface area contributed by atoms with E-state index in [1.165, 1.54) is 0 Å².